The first-order chi connectivity index (χ1) is 7.75. The van der Waals surface area contributed by atoms with Gasteiger partial charge >= 0.3 is 0 Å². The van der Waals surface area contributed by atoms with Crippen LogP contribution in [0.4, 0.5) is 0 Å². The van der Waals surface area contributed by atoms with Crippen molar-refractivity contribution in [2.24, 2.45) is 0 Å². The molecule has 0 aliphatic heterocycles. The maximum absolute atomic E-state index is 11.8. The van der Waals surface area contributed by atoms with E-state index in [4.69, 9.17) is 11.6 Å². The Bertz CT molecular complexity index is 363. The molecule has 0 unspecified atom stereocenters. The van der Waals surface area contributed by atoms with Crippen LogP contribution in [0.15, 0.2) is 31.1 Å². The Morgan fingerprint density at radius 2 is 2.25 bits per heavy atom. The lowest BCUT2D eigenvalue weighted by Crippen LogP contribution is -2.00. The molecule has 3 heteroatoms. The first-order valence-electron chi connectivity index (χ1n) is 5.49. The van der Waals surface area contributed by atoms with Gasteiger partial charge in [0.2, 0.25) is 0 Å². The molecule has 16 heavy (non-hydrogen) atoms. The van der Waals surface area contributed by atoms with E-state index in [0.717, 1.165) is 25.7 Å². The number of carbonyl (C=O) groups excluding carboxylic acids is 1. The largest absolute Gasteiger partial charge is 0.294 e. The van der Waals surface area contributed by atoms with Gasteiger partial charge in [0.15, 0.2) is 5.78 Å². The lowest BCUT2D eigenvalue weighted by atomic mass is 10.1. The van der Waals surface area contributed by atoms with Crippen molar-refractivity contribution in [3.8, 4) is 0 Å². The summed E-state index contributed by atoms with van der Waals surface area (Å²) in [6.45, 7) is 3.66. The number of halogens is 1. The third kappa shape index (κ3) is 4.15. The smallest absolute Gasteiger partial charge is 0.164 e. The van der Waals surface area contributed by atoms with Crippen LogP contribution in [-0.4, -0.2) is 10.8 Å². The van der Waals surface area contributed by atoms with Crippen molar-refractivity contribution >= 4 is 17.4 Å². The molecule has 2 nitrogen and oxygen atoms in total. The van der Waals surface area contributed by atoms with Crippen LogP contribution in [0.5, 0.6) is 0 Å². The van der Waals surface area contributed by atoms with Gasteiger partial charge in [-0.2, -0.15) is 0 Å². The molecule has 1 rings (SSSR count). The van der Waals surface area contributed by atoms with E-state index in [1.165, 1.54) is 6.20 Å². The summed E-state index contributed by atoms with van der Waals surface area (Å²) in [7, 11) is 0. The number of pyridine rings is 1. The normalized spacial score (nSPS) is 10.1. The summed E-state index contributed by atoms with van der Waals surface area (Å²) < 4.78 is 0. The van der Waals surface area contributed by atoms with E-state index in [9.17, 15) is 4.79 Å². The van der Waals surface area contributed by atoms with Gasteiger partial charge in [-0.05, 0) is 25.3 Å². The summed E-state index contributed by atoms with van der Waals surface area (Å²) in [5.74, 6) is 0.103. The van der Waals surface area contributed by atoms with Crippen molar-refractivity contribution in [3.05, 3.63) is 41.7 Å². The highest BCUT2D eigenvalue weighted by atomic mass is 35.5. The SMILES string of the molecule is C=CCCCCCC(=O)c1ccncc1Cl. The predicted molar refractivity (Wildman–Crippen MR) is 66.9 cm³/mol. The van der Waals surface area contributed by atoms with Crippen molar-refractivity contribution in [2.75, 3.05) is 0 Å². The third-order valence-corrected chi connectivity index (χ3v) is 2.69. The second-order valence-electron chi connectivity index (χ2n) is 3.67. The van der Waals surface area contributed by atoms with E-state index < -0.39 is 0 Å². The molecule has 1 aromatic rings. The number of unbranched alkanes of at least 4 members (excludes halogenated alkanes) is 3. The quantitative estimate of drug-likeness (QED) is 0.407. The molecule has 0 spiro atoms. The molecule has 0 bridgehead atoms. The van der Waals surface area contributed by atoms with E-state index in [2.05, 4.69) is 11.6 Å². The van der Waals surface area contributed by atoms with Crippen molar-refractivity contribution in [1.29, 1.82) is 0 Å². The van der Waals surface area contributed by atoms with Crippen LogP contribution in [-0.2, 0) is 0 Å². The van der Waals surface area contributed by atoms with Gasteiger partial charge in [-0.25, -0.2) is 0 Å². The van der Waals surface area contributed by atoms with Crippen LogP contribution in [0.25, 0.3) is 0 Å². The molecule has 0 N–H and O–H groups in total. The minimum Gasteiger partial charge on any atom is -0.294 e. The van der Waals surface area contributed by atoms with E-state index >= 15 is 0 Å². The Balaban J connectivity index is 2.36. The topological polar surface area (TPSA) is 30.0 Å². The van der Waals surface area contributed by atoms with Gasteiger partial charge in [-0.3, -0.25) is 9.78 Å². The molecular weight excluding hydrogens is 222 g/mol. The fourth-order valence-electron chi connectivity index (χ4n) is 1.49. The minimum atomic E-state index is 0.103. The number of Topliss-reactive ketones (excluding diaryl/α,β-unsaturated/α-hetero) is 1. The molecule has 0 fully saturated rings. The van der Waals surface area contributed by atoms with Crippen LogP contribution in [0.3, 0.4) is 0 Å². The van der Waals surface area contributed by atoms with Crippen LogP contribution in [0, 0.1) is 0 Å². The number of aromatic nitrogens is 1. The lowest BCUT2D eigenvalue weighted by Gasteiger charge is -2.02. The Morgan fingerprint density at radius 3 is 2.94 bits per heavy atom. The number of allylic oxidation sites excluding steroid dienone is 1. The molecule has 1 aromatic heterocycles. The number of hydrogen-bond donors (Lipinski definition) is 0. The van der Waals surface area contributed by atoms with Crippen LogP contribution in [0.1, 0.15) is 42.5 Å². The van der Waals surface area contributed by atoms with Gasteiger partial charge in [-0.15, -0.1) is 6.58 Å². The van der Waals surface area contributed by atoms with Crippen LogP contribution in [0.2, 0.25) is 5.02 Å². The number of carbonyl (C=O) groups is 1. The zero-order chi connectivity index (χ0) is 11.8. The van der Waals surface area contributed by atoms with Gasteiger partial charge < -0.3 is 0 Å². The lowest BCUT2D eigenvalue weighted by molar-refractivity contribution is 0.0979. The number of hydrogen-bond acceptors (Lipinski definition) is 2. The zero-order valence-electron chi connectivity index (χ0n) is 9.29. The maximum Gasteiger partial charge on any atom is 0.164 e. The summed E-state index contributed by atoms with van der Waals surface area (Å²) in [5.41, 5.74) is 0.584. The number of ketones is 1. The monoisotopic (exact) mass is 237 g/mol. The van der Waals surface area contributed by atoms with Crippen LogP contribution < -0.4 is 0 Å². The molecule has 0 aliphatic rings. The number of rotatable bonds is 7. The molecule has 0 saturated heterocycles. The number of nitrogens with zero attached hydrogens (tertiary/aromatic N) is 1. The van der Waals surface area contributed by atoms with Crippen molar-refractivity contribution < 1.29 is 4.79 Å². The summed E-state index contributed by atoms with van der Waals surface area (Å²) >= 11 is 5.89. The average Bonchev–Trinajstić information content (AvgIpc) is 2.29. The third-order valence-electron chi connectivity index (χ3n) is 2.38. The van der Waals surface area contributed by atoms with Gasteiger partial charge in [0, 0.05) is 24.4 Å². The fraction of sp³-hybridized carbons (Fsp3) is 0.385. The Labute approximate surface area is 101 Å². The van der Waals surface area contributed by atoms with Crippen LogP contribution >= 0.6 is 11.6 Å². The Hall–Kier alpha value is -1.15. The Kier molecular flexibility index (Phi) is 5.79. The highest BCUT2D eigenvalue weighted by molar-refractivity contribution is 6.33. The summed E-state index contributed by atoms with van der Waals surface area (Å²) in [6, 6.07) is 1.68. The molecular formula is C13H16ClNO. The molecule has 0 atom stereocenters. The molecule has 0 radical (unpaired) electrons. The second kappa shape index (κ2) is 7.18. The summed E-state index contributed by atoms with van der Waals surface area (Å²) in [6.07, 6.45) is 9.64. The first-order valence-corrected chi connectivity index (χ1v) is 5.87. The molecule has 1 heterocycles. The highest BCUT2D eigenvalue weighted by Crippen LogP contribution is 2.17. The summed E-state index contributed by atoms with van der Waals surface area (Å²) in [5, 5.41) is 0.443. The predicted octanol–water partition coefficient (Wildman–Crippen LogP) is 4.05. The highest BCUT2D eigenvalue weighted by Gasteiger charge is 2.09. The zero-order valence-corrected chi connectivity index (χ0v) is 10.0. The molecule has 0 aliphatic carbocycles. The molecule has 0 saturated carbocycles. The fourth-order valence-corrected chi connectivity index (χ4v) is 1.71. The first kappa shape index (κ1) is 12.9. The van der Waals surface area contributed by atoms with Gasteiger partial charge in [-0.1, -0.05) is 24.1 Å². The van der Waals surface area contributed by atoms with E-state index in [0.29, 0.717) is 17.0 Å². The summed E-state index contributed by atoms with van der Waals surface area (Å²) in [4.78, 5) is 15.6. The van der Waals surface area contributed by atoms with Gasteiger partial charge in [0.1, 0.15) is 0 Å². The maximum atomic E-state index is 11.8. The molecule has 86 valence electrons. The average molecular weight is 238 g/mol. The minimum absolute atomic E-state index is 0.103. The molecule has 0 aromatic carbocycles. The van der Waals surface area contributed by atoms with E-state index in [1.54, 1.807) is 12.3 Å². The van der Waals surface area contributed by atoms with Crippen molar-refractivity contribution in [3.63, 3.8) is 0 Å². The Morgan fingerprint density at radius 1 is 1.44 bits per heavy atom. The molecule has 0 amide bonds. The van der Waals surface area contributed by atoms with E-state index in [1.807, 2.05) is 6.08 Å². The second-order valence-corrected chi connectivity index (χ2v) is 4.07. The van der Waals surface area contributed by atoms with Crippen molar-refractivity contribution in [2.45, 2.75) is 32.1 Å². The van der Waals surface area contributed by atoms with Gasteiger partial charge in [0.05, 0.1) is 5.02 Å². The van der Waals surface area contributed by atoms with Crippen molar-refractivity contribution in [1.82, 2.24) is 4.98 Å². The van der Waals surface area contributed by atoms with E-state index in [-0.39, 0.29) is 5.78 Å². The standard InChI is InChI=1S/C13H16ClNO/c1-2-3-4-5-6-7-13(16)11-8-9-15-10-12(11)14/h2,8-10H,1,3-7H2. The van der Waals surface area contributed by atoms with Gasteiger partial charge in [0.25, 0.3) is 0 Å².